The van der Waals surface area contributed by atoms with Gasteiger partial charge in [-0.05, 0) is 31.6 Å². The lowest BCUT2D eigenvalue weighted by atomic mass is 10.1. The largest absolute Gasteiger partial charge is 0.389 e. The molecular weight excluding hydrogens is 292 g/mol. The van der Waals surface area contributed by atoms with E-state index in [4.69, 9.17) is 18.0 Å². The number of nitrogens with two attached hydrogens (primary N) is 1. The van der Waals surface area contributed by atoms with Crippen LogP contribution in [0.3, 0.4) is 0 Å². The Morgan fingerprint density at radius 3 is 2.38 bits per heavy atom. The van der Waals surface area contributed by atoms with Gasteiger partial charge >= 0.3 is 0 Å². The molecule has 116 valence electrons. The number of hydrogen-bond acceptors (Lipinski definition) is 3. The van der Waals surface area contributed by atoms with E-state index in [1.165, 1.54) is 12.1 Å². The van der Waals surface area contributed by atoms with Gasteiger partial charge in [0.2, 0.25) is 0 Å². The molecule has 1 aromatic carbocycles. The molecular formula is C15H21F2N3S. The van der Waals surface area contributed by atoms with Crippen molar-refractivity contribution in [2.75, 3.05) is 31.1 Å². The normalized spacial score (nSPS) is 18.5. The zero-order chi connectivity index (χ0) is 15.6. The molecule has 1 atom stereocenters. The first-order chi connectivity index (χ1) is 9.97. The Kier molecular flexibility index (Phi) is 5.11. The molecule has 1 heterocycles. The summed E-state index contributed by atoms with van der Waals surface area (Å²) in [4.78, 5) is 4.10. The second-order valence-electron chi connectivity index (χ2n) is 5.26. The topological polar surface area (TPSA) is 32.5 Å². The molecule has 2 rings (SSSR count). The van der Waals surface area contributed by atoms with E-state index in [1.54, 1.807) is 4.90 Å². The van der Waals surface area contributed by atoms with Crippen LogP contribution in [0.1, 0.15) is 25.8 Å². The minimum atomic E-state index is -0.599. The van der Waals surface area contributed by atoms with Crippen molar-refractivity contribution in [3.8, 4) is 0 Å². The van der Waals surface area contributed by atoms with Gasteiger partial charge in [0.1, 0.15) is 22.3 Å². The second-order valence-corrected chi connectivity index (χ2v) is 5.70. The van der Waals surface area contributed by atoms with Crippen LogP contribution in [-0.2, 0) is 0 Å². The summed E-state index contributed by atoms with van der Waals surface area (Å²) in [6, 6.07) is 2.77. The monoisotopic (exact) mass is 313 g/mol. The molecule has 1 saturated heterocycles. The minimum absolute atomic E-state index is 0.00166. The van der Waals surface area contributed by atoms with Crippen molar-refractivity contribution >= 4 is 22.9 Å². The second kappa shape index (κ2) is 6.66. The summed E-state index contributed by atoms with van der Waals surface area (Å²) in [6.07, 6.45) is 0.914. The Balaban J connectivity index is 2.22. The van der Waals surface area contributed by atoms with E-state index < -0.39 is 11.6 Å². The lowest BCUT2D eigenvalue weighted by Gasteiger charge is -2.27. The molecule has 2 N–H and O–H groups in total. The Bertz CT molecular complexity index is 509. The predicted octanol–water partition coefficient (Wildman–Crippen LogP) is 2.52. The van der Waals surface area contributed by atoms with Crippen molar-refractivity contribution in [2.45, 2.75) is 26.3 Å². The Labute approximate surface area is 129 Å². The number of halogens is 2. The third-order valence-electron chi connectivity index (χ3n) is 4.11. The Morgan fingerprint density at radius 1 is 1.33 bits per heavy atom. The van der Waals surface area contributed by atoms with E-state index in [1.807, 2.05) is 0 Å². The number of likely N-dealkylation sites (N-methyl/N-ethyl adjacent to an activating group) is 1. The maximum atomic E-state index is 14.2. The summed E-state index contributed by atoms with van der Waals surface area (Å²) in [6.45, 7) is 7.39. The fourth-order valence-corrected chi connectivity index (χ4v) is 3.11. The first-order valence-corrected chi connectivity index (χ1v) is 7.66. The van der Waals surface area contributed by atoms with Gasteiger partial charge in [-0.1, -0.05) is 26.1 Å². The van der Waals surface area contributed by atoms with Gasteiger partial charge in [-0.2, -0.15) is 0 Å². The average molecular weight is 313 g/mol. The van der Waals surface area contributed by atoms with Crippen LogP contribution in [0.15, 0.2) is 12.1 Å². The average Bonchev–Trinajstić information content (AvgIpc) is 2.88. The number of nitrogens with zero attached hydrogens (tertiary/aromatic N) is 2. The number of hydrogen-bond donors (Lipinski definition) is 1. The fourth-order valence-electron chi connectivity index (χ4n) is 2.99. The quantitative estimate of drug-likeness (QED) is 0.847. The zero-order valence-electron chi connectivity index (χ0n) is 12.4. The van der Waals surface area contributed by atoms with Gasteiger partial charge in [-0.25, -0.2) is 8.78 Å². The van der Waals surface area contributed by atoms with E-state index in [2.05, 4.69) is 18.7 Å². The van der Waals surface area contributed by atoms with Gasteiger partial charge in [0, 0.05) is 24.7 Å². The molecule has 1 unspecified atom stereocenters. The van der Waals surface area contributed by atoms with Crippen LogP contribution < -0.4 is 10.6 Å². The van der Waals surface area contributed by atoms with E-state index >= 15 is 0 Å². The number of benzene rings is 1. The predicted molar refractivity (Wildman–Crippen MR) is 85.8 cm³/mol. The highest BCUT2D eigenvalue weighted by Crippen LogP contribution is 2.29. The fraction of sp³-hybridized carbons (Fsp3) is 0.533. The van der Waals surface area contributed by atoms with Crippen LogP contribution in [0.4, 0.5) is 14.5 Å². The van der Waals surface area contributed by atoms with Gasteiger partial charge < -0.3 is 10.6 Å². The van der Waals surface area contributed by atoms with Crippen LogP contribution >= 0.6 is 12.2 Å². The maximum absolute atomic E-state index is 14.2. The smallest absolute Gasteiger partial charge is 0.150 e. The Hall–Kier alpha value is -1.27. The van der Waals surface area contributed by atoms with Crippen molar-refractivity contribution in [1.82, 2.24) is 4.90 Å². The molecule has 0 saturated carbocycles. The molecule has 1 aromatic rings. The lowest BCUT2D eigenvalue weighted by molar-refractivity contribution is 0.232. The van der Waals surface area contributed by atoms with Gasteiger partial charge in [-0.3, -0.25) is 4.90 Å². The van der Waals surface area contributed by atoms with Crippen LogP contribution in [0.25, 0.3) is 0 Å². The summed E-state index contributed by atoms with van der Waals surface area (Å²) in [5.74, 6) is -1.20. The molecule has 0 aliphatic carbocycles. The summed E-state index contributed by atoms with van der Waals surface area (Å²) in [7, 11) is 0. The molecule has 0 amide bonds. The molecule has 3 nitrogen and oxygen atoms in total. The van der Waals surface area contributed by atoms with Gasteiger partial charge in [0.05, 0.1) is 0 Å². The maximum Gasteiger partial charge on any atom is 0.150 e. The van der Waals surface area contributed by atoms with Crippen LogP contribution in [0, 0.1) is 11.6 Å². The molecule has 1 aliphatic rings. The highest BCUT2D eigenvalue weighted by molar-refractivity contribution is 7.80. The molecule has 0 bridgehead atoms. The molecule has 21 heavy (non-hydrogen) atoms. The van der Waals surface area contributed by atoms with Crippen LogP contribution in [0.5, 0.6) is 0 Å². The van der Waals surface area contributed by atoms with Gasteiger partial charge in [-0.15, -0.1) is 0 Å². The third-order valence-corrected chi connectivity index (χ3v) is 4.35. The SMILES string of the molecule is CCN(CC)C1CCN(c2c(F)cc(C(N)=S)cc2F)C1. The molecule has 1 aliphatic heterocycles. The van der Waals surface area contributed by atoms with Crippen molar-refractivity contribution in [3.63, 3.8) is 0 Å². The third kappa shape index (κ3) is 3.32. The Morgan fingerprint density at radius 2 is 1.90 bits per heavy atom. The van der Waals surface area contributed by atoms with E-state index in [0.29, 0.717) is 19.1 Å². The molecule has 0 aromatic heterocycles. The molecule has 0 spiro atoms. The summed E-state index contributed by atoms with van der Waals surface area (Å²) < 4.78 is 28.4. The minimum Gasteiger partial charge on any atom is -0.389 e. The van der Waals surface area contributed by atoms with Crippen molar-refractivity contribution in [3.05, 3.63) is 29.3 Å². The highest BCUT2D eigenvalue weighted by atomic mass is 32.1. The van der Waals surface area contributed by atoms with Crippen molar-refractivity contribution in [2.24, 2.45) is 5.73 Å². The highest BCUT2D eigenvalue weighted by Gasteiger charge is 2.29. The summed E-state index contributed by atoms with van der Waals surface area (Å²) in [5, 5.41) is 0. The number of anilines is 1. The van der Waals surface area contributed by atoms with Gasteiger partial charge in [0.15, 0.2) is 0 Å². The van der Waals surface area contributed by atoms with Crippen LogP contribution in [0.2, 0.25) is 0 Å². The molecule has 6 heteroatoms. The van der Waals surface area contributed by atoms with E-state index in [0.717, 1.165) is 19.5 Å². The molecule has 1 fully saturated rings. The zero-order valence-corrected chi connectivity index (χ0v) is 13.2. The summed E-state index contributed by atoms with van der Waals surface area (Å²) in [5.41, 5.74) is 5.69. The number of rotatable bonds is 5. The molecule has 0 radical (unpaired) electrons. The first-order valence-electron chi connectivity index (χ1n) is 7.25. The first kappa shape index (κ1) is 16.1. The van der Waals surface area contributed by atoms with Gasteiger partial charge in [0.25, 0.3) is 0 Å². The lowest BCUT2D eigenvalue weighted by Crippen LogP contribution is -2.37. The van der Waals surface area contributed by atoms with Crippen LogP contribution in [-0.4, -0.2) is 42.1 Å². The number of thiocarbonyl (C=S) groups is 1. The van der Waals surface area contributed by atoms with E-state index in [-0.39, 0.29) is 16.2 Å². The van der Waals surface area contributed by atoms with E-state index in [9.17, 15) is 8.78 Å². The summed E-state index contributed by atoms with van der Waals surface area (Å²) >= 11 is 4.77. The van der Waals surface area contributed by atoms with Crippen molar-refractivity contribution in [1.29, 1.82) is 0 Å². The standard InChI is InChI=1S/C15H21F2N3S/c1-3-19(4-2)11-5-6-20(9-11)14-12(16)7-10(15(18)21)8-13(14)17/h7-8,11H,3-6,9H2,1-2H3,(H2,18,21). The van der Waals surface area contributed by atoms with Crippen molar-refractivity contribution < 1.29 is 8.78 Å².